The van der Waals surface area contributed by atoms with Gasteiger partial charge in [-0.3, -0.25) is 0 Å². The van der Waals surface area contributed by atoms with Crippen molar-refractivity contribution < 1.29 is 27.1 Å². The van der Waals surface area contributed by atoms with E-state index < -0.39 is 34.5 Å². The maximum absolute atomic E-state index is 13.2. The van der Waals surface area contributed by atoms with Crippen molar-refractivity contribution in [2.45, 2.75) is 25.4 Å². The first kappa shape index (κ1) is 12.7. The third kappa shape index (κ3) is 1.96. The number of halogens is 5. The van der Waals surface area contributed by atoms with E-state index in [1.54, 1.807) is 0 Å². The van der Waals surface area contributed by atoms with Gasteiger partial charge in [0.1, 0.15) is 17.4 Å². The monoisotopic (exact) mass is 240 g/mol. The Morgan fingerprint density at radius 1 is 1.00 bits per heavy atom. The number of alkyl halides is 3. The molecule has 1 aromatic carbocycles. The topological polar surface area (TPSA) is 20.2 Å². The van der Waals surface area contributed by atoms with Crippen LogP contribution in [-0.2, 0) is 5.41 Å². The SMILES string of the molecule is CC(C)(c1c(F)cc(O)cc1F)C(F)(F)F. The molecule has 0 aliphatic carbocycles. The summed E-state index contributed by atoms with van der Waals surface area (Å²) in [5.41, 5.74) is -3.76. The van der Waals surface area contributed by atoms with Gasteiger partial charge in [0.15, 0.2) is 0 Å². The summed E-state index contributed by atoms with van der Waals surface area (Å²) < 4.78 is 64.2. The van der Waals surface area contributed by atoms with E-state index in [1.165, 1.54) is 0 Å². The van der Waals surface area contributed by atoms with E-state index in [0.717, 1.165) is 0 Å². The van der Waals surface area contributed by atoms with E-state index in [-0.39, 0.29) is 0 Å². The van der Waals surface area contributed by atoms with Crippen LogP contribution in [0.3, 0.4) is 0 Å². The van der Waals surface area contributed by atoms with Gasteiger partial charge in [0, 0.05) is 17.7 Å². The van der Waals surface area contributed by atoms with Gasteiger partial charge in [-0.25, -0.2) is 8.78 Å². The molecule has 1 N–H and O–H groups in total. The van der Waals surface area contributed by atoms with E-state index in [9.17, 15) is 22.0 Å². The average Bonchev–Trinajstić information content (AvgIpc) is 1.97. The molecule has 0 heterocycles. The minimum absolute atomic E-state index is 0.450. The van der Waals surface area contributed by atoms with Gasteiger partial charge in [-0.05, 0) is 13.8 Å². The molecule has 1 aromatic rings. The predicted molar refractivity (Wildman–Crippen MR) is 47.1 cm³/mol. The minimum atomic E-state index is -4.79. The lowest BCUT2D eigenvalue weighted by atomic mass is 9.83. The van der Waals surface area contributed by atoms with Crippen molar-refractivity contribution in [2.24, 2.45) is 0 Å². The Kier molecular flexibility index (Phi) is 2.87. The standard InChI is InChI=1S/C10H9F5O/c1-9(2,10(13,14)15)8-6(11)3-5(16)4-7(8)12/h3-4,16H,1-2H3. The van der Waals surface area contributed by atoms with Gasteiger partial charge in [-0.1, -0.05) is 0 Å². The lowest BCUT2D eigenvalue weighted by Gasteiger charge is -2.28. The summed E-state index contributed by atoms with van der Waals surface area (Å²) in [6.45, 7) is 1.34. The van der Waals surface area contributed by atoms with Crippen LogP contribution in [0, 0.1) is 11.6 Å². The maximum Gasteiger partial charge on any atom is 0.398 e. The number of phenols is 1. The van der Waals surface area contributed by atoms with Crippen LogP contribution in [0.5, 0.6) is 5.75 Å². The number of rotatable bonds is 1. The fourth-order valence-electron chi connectivity index (χ4n) is 1.30. The van der Waals surface area contributed by atoms with Crippen LogP contribution in [0.2, 0.25) is 0 Å². The fourth-order valence-corrected chi connectivity index (χ4v) is 1.30. The number of hydrogen-bond acceptors (Lipinski definition) is 1. The van der Waals surface area contributed by atoms with E-state index in [2.05, 4.69) is 0 Å². The number of hydrogen-bond donors (Lipinski definition) is 1. The van der Waals surface area contributed by atoms with Crippen LogP contribution in [0.1, 0.15) is 19.4 Å². The Morgan fingerprint density at radius 2 is 1.38 bits per heavy atom. The second-order valence-corrected chi connectivity index (χ2v) is 3.91. The zero-order chi connectivity index (χ0) is 12.7. The minimum Gasteiger partial charge on any atom is -0.508 e. The summed E-state index contributed by atoms with van der Waals surface area (Å²) >= 11 is 0. The summed E-state index contributed by atoms with van der Waals surface area (Å²) in [7, 11) is 0. The smallest absolute Gasteiger partial charge is 0.398 e. The first-order valence-electron chi connectivity index (χ1n) is 4.32. The first-order valence-corrected chi connectivity index (χ1v) is 4.32. The van der Waals surface area contributed by atoms with Gasteiger partial charge in [0.05, 0.1) is 5.41 Å². The number of aromatic hydroxyl groups is 1. The molecule has 0 aliphatic rings. The van der Waals surface area contributed by atoms with Crippen molar-refractivity contribution >= 4 is 0 Å². The summed E-state index contributed by atoms with van der Waals surface area (Å²) in [6, 6.07) is 0.901. The van der Waals surface area contributed by atoms with Crippen molar-refractivity contribution in [2.75, 3.05) is 0 Å². The Morgan fingerprint density at radius 3 is 1.69 bits per heavy atom. The molecule has 0 unspecified atom stereocenters. The van der Waals surface area contributed by atoms with E-state index >= 15 is 0 Å². The Labute approximate surface area is 88.5 Å². The highest BCUT2D eigenvalue weighted by atomic mass is 19.4. The highest BCUT2D eigenvalue weighted by Gasteiger charge is 2.51. The van der Waals surface area contributed by atoms with Gasteiger partial charge < -0.3 is 5.11 Å². The third-order valence-corrected chi connectivity index (χ3v) is 2.36. The van der Waals surface area contributed by atoms with Crippen LogP contribution in [0.25, 0.3) is 0 Å². The van der Waals surface area contributed by atoms with Crippen molar-refractivity contribution in [1.29, 1.82) is 0 Å². The Bertz CT molecular complexity index is 385. The molecule has 0 aromatic heterocycles. The molecule has 0 radical (unpaired) electrons. The van der Waals surface area contributed by atoms with E-state index in [4.69, 9.17) is 5.11 Å². The summed E-state index contributed by atoms with van der Waals surface area (Å²) in [4.78, 5) is 0. The second kappa shape index (κ2) is 3.61. The number of benzene rings is 1. The Balaban J connectivity index is 3.45. The molecule has 1 nitrogen and oxygen atoms in total. The molecule has 0 saturated heterocycles. The zero-order valence-electron chi connectivity index (χ0n) is 8.49. The van der Waals surface area contributed by atoms with Crippen molar-refractivity contribution in [3.05, 3.63) is 29.3 Å². The highest BCUT2D eigenvalue weighted by molar-refractivity contribution is 5.35. The summed E-state index contributed by atoms with van der Waals surface area (Å²) in [6.07, 6.45) is -4.79. The molecule has 0 fully saturated rings. The molecule has 0 spiro atoms. The normalized spacial score (nSPS) is 12.9. The summed E-state index contributed by atoms with van der Waals surface area (Å²) in [5.74, 6) is -3.59. The molecular formula is C10H9F5O. The molecule has 16 heavy (non-hydrogen) atoms. The Hall–Kier alpha value is -1.33. The van der Waals surface area contributed by atoms with Crippen LogP contribution in [0.4, 0.5) is 22.0 Å². The van der Waals surface area contributed by atoms with Crippen LogP contribution in [-0.4, -0.2) is 11.3 Å². The molecule has 0 amide bonds. The van der Waals surface area contributed by atoms with Crippen LogP contribution >= 0.6 is 0 Å². The van der Waals surface area contributed by atoms with Crippen molar-refractivity contribution in [1.82, 2.24) is 0 Å². The van der Waals surface area contributed by atoms with E-state index in [0.29, 0.717) is 26.0 Å². The van der Waals surface area contributed by atoms with Crippen molar-refractivity contribution in [3.8, 4) is 5.75 Å². The third-order valence-electron chi connectivity index (χ3n) is 2.36. The van der Waals surface area contributed by atoms with Gasteiger partial charge in [-0.15, -0.1) is 0 Å². The molecular weight excluding hydrogens is 231 g/mol. The molecule has 1 rings (SSSR count). The quantitative estimate of drug-likeness (QED) is 0.745. The first-order chi connectivity index (χ1) is 7.07. The van der Waals surface area contributed by atoms with Gasteiger partial charge in [0.2, 0.25) is 0 Å². The molecule has 0 aliphatic heterocycles. The molecule has 0 bridgehead atoms. The largest absolute Gasteiger partial charge is 0.508 e. The lowest BCUT2D eigenvalue weighted by Crippen LogP contribution is -2.38. The van der Waals surface area contributed by atoms with Crippen LogP contribution in [0.15, 0.2) is 12.1 Å². The summed E-state index contributed by atoms with van der Waals surface area (Å²) in [5, 5.41) is 8.83. The zero-order valence-corrected chi connectivity index (χ0v) is 8.49. The van der Waals surface area contributed by atoms with Crippen LogP contribution < -0.4 is 0 Å². The molecule has 6 heteroatoms. The van der Waals surface area contributed by atoms with Gasteiger partial charge in [-0.2, -0.15) is 13.2 Å². The highest BCUT2D eigenvalue weighted by Crippen LogP contribution is 2.43. The van der Waals surface area contributed by atoms with Gasteiger partial charge in [0.25, 0.3) is 0 Å². The molecule has 0 saturated carbocycles. The fraction of sp³-hybridized carbons (Fsp3) is 0.400. The van der Waals surface area contributed by atoms with Crippen molar-refractivity contribution in [3.63, 3.8) is 0 Å². The average molecular weight is 240 g/mol. The predicted octanol–water partition coefficient (Wildman–Crippen LogP) is 3.51. The van der Waals surface area contributed by atoms with E-state index in [1.807, 2.05) is 0 Å². The lowest BCUT2D eigenvalue weighted by molar-refractivity contribution is -0.181. The van der Waals surface area contributed by atoms with Gasteiger partial charge >= 0.3 is 6.18 Å². The molecule has 0 atom stereocenters. The maximum atomic E-state index is 13.2. The molecule has 90 valence electrons. The second-order valence-electron chi connectivity index (χ2n) is 3.91. The number of phenolic OH excluding ortho intramolecular Hbond substituents is 1.